The molecule has 3 heterocycles. The molecule has 5 nitrogen and oxygen atoms in total. The van der Waals surface area contributed by atoms with Crippen molar-refractivity contribution < 1.29 is 0 Å². The summed E-state index contributed by atoms with van der Waals surface area (Å²) < 4.78 is 0. The Hall–Kier alpha value is -8.87. The normalized spacial score (nSPS) is 12.7. The third-order valence-electron chi connectivity index (χ3n) is 14.0. The van der Waals surface area contributed by atoms with Crippen LogP contribution < -0.4 is 26.2 Å². The van der Waals surface area contributed by atoms with Gasteiger partial charge in [0.2, 0.25) is 0 Å². The van der Waals surface area contributed by atoms with E-state index >= 15 is 0 Å². The monoisotopic (exact) mass is 851 g/mol. The summed E-state index contributed by atoms with van der Waals surface area (Å²) in [5.74, 6) is 0.621. The largest absolute Gasteiger partial charge is 0.311 e. The van der Waals surface area contributed by atoms with Crippen molar-refractivity contribution in [1.82, 2.24) is 15.0 Å². The molecule has 2 aliphatic rings. The van der Waals surface area contributed by atoms with Crippen LogP contribution in [0.15, 0.2) is 231 Å². The molecule has 0 N–H and O–H groups in total. The van der Waals surface area contributed by atoms with E-state index in [1.165, 1.54) is 81.7 Å². The van der Waals surface area contributed by atoms with E-state index in [2.05, 4.69) is 233 Å². The van der Waals surface area contributed by atoms with Gasteiger partial charge >= 0.3 is 0 Å². The Morgan fingerprint density at radius 3 is 1.21 bits per heavy atom. The zero-order valence-electron chi connectivity index (χ0n) is 36.3. The van der Waals surface area contributed by atoms with Gasteiger partial charge in [0.05, 0.1) is 0 Å². The van der Waals surface area contributed by atoms with E-state index in [4.69, 9.17) is 9.97 Å². The van der Waals surface area contributed by atoms with E-state index in [-0.39, 0.29) is 6.71 Å². The van der Waals surface area contributed by atoms with Crippen molar-refractivity contribution in [3.8, 4) is 33.6 Å². The van der Waals surface area contributed by atoms with E-state index in [9.17, 15) is 0 Å². The van der Waals surface area contributed by atoms with E-state index in [0.29, 0.717) is 5.82 Å². The average Bonchev–Trinajstić information content (AvgIpc) is 3.40. The third kappa shape index (κ3) is 5.93. The molecule has 1 aromatic heterocycles. The summed E-state index contributed by atoms with van der Waals surface area (Å²) in [6.07, 6.45) is 3.18. The number of hydrogen-bond acceptors (Lipinski definition) is 5. The first-order valence-corrected chi connectivity index (χ1v) is 22.8. The van der Waals surface area contributed by atoms with Crippen LogP contribution in [-0.4, -0.2) is 21.7 Å². The molecule has 0 fully saturated rings. The topological polar surface area (TPSA) is 45.2 Å². The number of benzene rings is 11. The van der Waals surface area contributed by atoms with Crippen molar-refractivity contribution in [3.05, 3.63) is 231 Å². The third-order valence-corrected chi connectivity index (χ3v) is 14.0. The zero-order chi connectivity index (χ0) is 44.0. The molecule has 0 amide bonds. The lowest BCUT2D eigenvalue weighted by Gasteiger charge is -2.44. The summed E-state index contributed by atoms with van der Waals surface area (Å²) in [5.41, 5.74) is 16.0. The molecular weight excluding hydrogens is 814 g/mol. The average molecular weight is 852 g/mol. The molecular formula is C61H38BN5. The lowest BCUT2D eigenvalue weighted by Crippen LogP contribution is -2.61. The first-order chi connectivity index (χ1) is 33.2. The number of rotatable bonds is 5. The molecule has 0 saturated carbocycles. The maximum absolute atomic E-state index is 4.77. The van der Waals surface area contributed by atoms with E-state index in [1.807, 2.05) is 0 Å². The fourth-order valence-electron chi connectivity index (χ4n) is 10.9. The minimum absolute atomic E-state index is 0.117. The Kier molecular flexibility index (Phi) is 8.31. The van der Waals surface area contributed by atoms with Gasteiger partial charge in [-0.2, -0.15) is 0 Å². The molecule has 11 aromatic carbocycles. The predicted octanol–water partition coefficient (Wildman–Crippen LogP) is 13.6. The zero-order valence-corrected chi connectivity index (χ0v) is 36.3. The lowest BCUT2D eigenvalue weighted by atomic mass is 9.33. The Bertz CT molecular complexity index is 3680. The van der Waals surface area contributed by atoms with Crippen LogP contribution in [0.25, 0.3) is 76.7 Å². The second kappa shape index (κ2) is 14.8. The predicted molar refractivity (Wildman–Crippen MR) is 280 cm³/mol. The van der Waals surface area contributed by atoms with Crippen LogP contribution in [0.4, 0.5) is 34.1 Å². The van der Waals surface area contributed by atoms with Crippen molar-refractivity contribution in [2.24, 2.45) is 0 Å². The minimum Gasteiger partial charge on any atom is -0.311 e. The van der Waals surface area contributed by atoms with Gasteiger partial charge in [-0.1, -0.05) is 170 Å². The Balaban J connectivity index is 1.11. The molecule has 2 aliphatic heterocycles. The highest BCUT2D eigenvalue weighted by atomic mass is 15.2. The van der Waals surface area contributed by atoms with Crippen LogP contribution in [0.1, 0.15) is 0 Å². The van der Waals surface area contributed by atoms with Crippen molar-refractivity contribution in [2.75, 3.05) is 9.80 Å². The van der Waals surface area contributed by atoms with Gasteiger partial charge in [0.15, 0.2) is 5.82 Å². The molecule has 6 heteroatoms. The van der Waals surface area contributed by atoms with E-state index < -0.39 is 0 Å². The van der Waals surface area contributed by atoms with Crippen molar-refractivity contribution in [1.29, 1.82) is 0 Å². The number of aromatic nitrogens is 3. The summed E-state index contributed by atoms with van der Waals surface area (Å²) >= 11 is 0. The van der Waals surface area contributed by atoms with Gasteiger partial charge in [0.25, 0.3) is 6.71 Å². The number of fused-ring (bicyclic) bond motifs is 10. The van der Waals surface area contributed by atoms with Gasteiger partial charge in [-0.15, -0.1) is 0 Å². The summed E-state index contributed by atoms with van der Waals surface area (Å²) in [5, 5.41) is 9.84. The Labute approximate surface area is 388 Å². The lowest BCUT2D eigenvalue weighted by molar-refractivity contribution is 1.05. The van der Waals surface area contributed by atoms with Gasteiger partial charge < -0.3 is 9.80 Å². The number of anilines is 6. The van der Waals surface area contributed by atoms with E-state index in [0.717, 1.165) is 39.7 Å². The van der Waals surface area contributed by atoms with Crippen LogP contribution in [0.3, 0.4) is 0 Å². The first-order valence-electron chi connectivity index (χ1n) is 22.8. The van der Waals surface area contributed by atoms with Crippen LogP contribution in [-0.2, 0) is 0 Å². The highest BCUT2D eigenvalue weighted by Crippen LogP contribution is 2.48. The molecule has 0 spiro atoms. The highest BCUT2D eigenvalue weighted by molar-refractivity contribution is 7.00. The summed E-state index contributed by atoms with van der Waals surface area (Å²) in [7, 11) is 0. The van der Waals surface area contributed by atoms with Gasteiger partial charge in [0, 0.05) is 39.7 Å². The smallest absolute Gasteiger partial charge is 0.252 e. The van der Waals surface area contributed by atoms with E-state index in [1.54, 1.807) is 12.7 Å². The molecule has 310 valence electrons. The van der Waals surface area contributed by atoms with Gasteiger partial charge in [-0.3, -0.25) is 0 Å². The molecule has 12 aromatic rings. The second-order valence-electron chi connectivity index (χ2n) is 17.7. The SMILES string of the molecule is c1ccc(-c2ccc(N3c4cc5ccc6ccccc6c5cc4B4c5cc6c(ccc7ccccc76)cc5N(c5ccc(-c6ccccc6)cc5)c5cc(-c6ncncn6)cc3c54)cc2)cc1. The van der Waals surface area contributed by atoms with Gasteiger partial charge in [0.1, 0.15) is 12.7 Å². The fourth-order valence-corrected chi connectivity index (χ4v) is 10.9. The molecule has 0 radical (unpaired) electrons. The molecule has 0 saturated heterocycles. The van der Waals surface area contributed by atoms with Crippen molar-refractivity contribution in [2.45, 2.75) is 0 Å². The quantitative estimate of drug-likeness (QED) is 0.127. The van der Waals surface area contributed by atoms with Crippen molar-refractivity contribution >= 4 is 100 Å². The highest BCUT2D eigenvalue weighted by Gasteiger charge is 2.44. The molecule has 0 bridgehead atoms. The van der Waals surface area contributed by atoms with Crippen LogP contribution in [0, 0.1) is 0 Å². The van der Waals surface area contributed by atoms with Crippen LogP contribution in [0.5, 0.6) is 0 Å². The number of nitrogens with zero attached hydrogens (tertiary/aromatic N) is 5. The van der Waals surface area contributed by atoms with Gasteiger partial charge in [-0.05, 0) is 130 Å². The summed E-state index contributed by atoms with van der Waals surface area (Å²) in [6, 6.07) is 80.4. The standard InChI is InChI=1S/C61H38BN5/c1-3-11-39(12-4-1)41-23-27-48(28-24-41)66-56-31-45-21-19-43-15-7-9-17-50(43)52(45)35-54(56)62-55-36-53-46(22-20-44-16-8-10-18-51(44)53)32-57(55)67(49-29-25-42(26-30-49)40-13-5-2-6-14-40)59-34-47(33-58(66)60(59)62)61-64-37-63-38-65-61/h1-38H. The summed E-state index contributed by atoms with van der Waals surface area (Å²) in [6.45, 7) is -0.117. The summed E-state index contributed by atoms with van der Waals surface area (Å²) in [4.78, 5) is 18.7. The molecule has 0 unspecified atom stereocenters. The minimum atomic E-state index is -0.117. The number of hydrogen-bond donors (Lipinski definition) is 0. The maximum Gasteiger partial charge on any atom is 0.252 e. The first kappa shape index (κ1) is 37.5. The van der Waals surface area contributed by atoms with Crippen LogP contribution >= 0.6 is 0 Å². The molecule has 14 rings (SSSR count). The fraction of sp³-hybridized carbons (Fsp3) is 0. The Morgan fingerprint density at radius 2 is 0.731 bits per heavy atom. The Morgan fingerprint density at radius 1 is 0.313 bits per heavy atom. The molecule has 67 heavy (non-hydrogen) atoms. The van der Waals surface area contributed by atoms with Crippen molar-refractivity contribution in [3.63, 3.8) is 0 Å². The maximum atomic E-state index is 4.77. The van der Waals surface area contributed by atoms with Gasteiger partial charge in [-0.25, -0.2) is 15.0 Å². The van der Waals surface area contributed by atoms with Crippen LogP contribution in [0.2, 0.25) is 0 Å². The molecule has 0 aliphatic carbocycles. The molecule has 0 atom stereocenters. The second-order valence-corrected chi connectivity index (χ2v) is 17.7.